The average Bonchev–Trinajstić information content (AvgIpc) is 3.42. The molecule has 27 heavy (non-hydrogen) atoms. The molecule has 2 aliphatic rings. The highest BCUT2D eigenvalue weighted by molar-refractivity contribution is 5.93. The maximum absolute atomic E-state index is 13.0. The molecule has 2 amide bonds. The van der Waals surface area contributed by atoms with Crippen LogP contribution in [-0.2, 0) is 4.79 Å². The number of para-hydroxylation sites is 1. The third-order valence-corrected chi connectivity index (χ3v) is 5.26. The second-order valence-corrected chi connectivity index (χ2v) is 7.47. The molecule has 1 aliphatic carbocycles. The molecule has 0 spiro atoms. The van der Waals surface area contributed by atoms with E-state index in [1.165, 1.54) is 0 Å². The second-order valence-electron chi connectivity index (χ2n) is 7.47. The molecule has 0 bridgehead atoms. The minimum absolute atomic E-state index is 0.0911. The standard InChI is InChI=1S/C20H25N5O2/c21-19(26)13-24-10-8-15(9-11-24)22-20(27)18-12-17(14-6-7-14)23-25(18)16-4-2-1-3-5-16/h1-5,12,14-15H,6-11,13H2,(H2,21,26)(H,22,27). The molecule has 2 heterocycles. The lowest BCUT2D eigenvalue weighted by Crippen LogP contribution is -2.47. The highest BCUT2D eigenvalue weighted by Crippen LogP contribution is 2.39. The lowest BCUT2D eigenvalue weighted by atomic mass is 10.0. The second kappa shape index (κ2) is 7.52. The van der Waals surface area contributed by atoms with Crippen LogP contribution < -0.4 is 11.1 Å². The Bertz CT molecular complexity index is 820. The van der Waals surface area contributed by atoms with Crippen LogP contribution in [-0.4, -0.2) is 52.2 Å². The van der Waals surface area contributed by atoms with E-state index in [9.17, 15) is 9.59 Å². The number of likely N-dealkylation sites (tertiary alicyclic amines) is 1. The first kappa shape index (κ1) is 17.7. The van der Waals surface area contributed by atoms with Crippen molar-refractivity contribution in [2.75, 3.05) is 19.6 Å². The van der Waals surface area contributed by atoms with Gasteiger partial charge in [-0.25, -0.2) is 4.68 Å². The highest BCUT2D eigenvalue weighted by atomic mass is 16.2. The highest BCUT2D eigenvalue weighted by Gasteiger charge is 2.30. The van der Waals surface area contributed by atoms with E-state index in [-0.39, 0.29) is 24.4 Å². The van der Waals surface area contributed by atoms with Crippen molar-refractivity contribution in [2.45, 2.75) is 37.6 Å². The number of nitrogens with one attached hydrogen (secondary N) is 1. The molecule has 1 saturated carbocycles. The summed E-state index contributed by atoms with van der Waals surface area (Å²) in [6.45, 7) is 1.81. The predicted molar refractivity (Wildman–Crippen MR) is 102 cm³/mol. The third-order valence-electron chi connectivity index (χ3n) is 5.26. The largest absolute Gasteiger partial charge is 0.369 e. The number of rotatable bonds is 6. The van der Waals surface area contributed by atoms with Gasteiger partial charge in [-0.1, -0.05) is 18.2 Å². The molecule has 0 radical (unpaired) electrons. The van der Waals surface area contributed by atoms with Gasteiger partial charge in [0, 0.05) is 25.0 Å². The smallest absolute Gasteiger partial charge is 0.270 e. The van der Waals surface area contributed by atoms with Crippen molar-refractivity contribution in [1.82, 2.24) is 20.0 Å². The monoisotopic (exact) mass is 367 g/mol. The number of carbonyl (C=O) groups is 2. The first-order valence-corrected chi connectivity index (χ1v) is 9.57. The maximum atomic E-state index is 13.0. The van der Waals surface area contributed by atoms with E-state index in [1.807, 2.05) is 41.3 Å². The fourth-order valence-electron chi connectivity index (χ4n) is 3.62. The Morgan fingerprint density at radius 1 is 1.11 bits per heavy atom. The zero-order valence-electron chi connectivity index (χ0n) is 15.3. The number of primary amides is 1. The quantitative estimate of drug-likeness (QED) is 0.808. The van der Waals surface area contributed by atoms with Crippen molar-refractivity contribution in [3.63, 3.8) is 0 Å². The zero-order valence-corrected chi connectivity index (χ0v) is 15.3. The van der Waals surface area contributed by atoms with Crippen molar-refractivity contribution in [3.8, 4) is 5.69 Å². The van der Waals surface area contributed by atoms with E-state index in [0.29, 0.717) is 11.6 Å². The van der Waals surface area contributed by atoms with Gasteiger partial charge in [0.05, 0.1) is 17.9 Å². The molecule has 1 aliphatic heterocycles. The van der Waals surface area contributed by atoms with Crippen LogP contribution >= 0.6 is 0 Å². The van der Waals surface area contributed by atoms with Crippen molar-refractivity contribution < 1.29 is 9.59 Å². The van der Waals surface area contributed by atoms with Crippen molar-refractivity contribution in [1.29, 1.82) is 0 Å². The molecule has 0 unspecified atom stereocenters. The van der Waals surface area contributed by atoms with Crippen LogP contribution in [0.4, 0.5) is 0 Å². The zero-order chi connectivity index (χ0) is 18.8. The normalized spacial score (nSPS) is 18.4. The predicted octanol–water partition coefficient (Wildman–Crippen LogP) is 1.43. The fourth-order valence-corrected chi connectivity index (χ4v) is 3.62. The van der Waals surface area contributed by atoms with Crippen molar-refractivity contribution >= 4 is 11.8 Å². The fraction of sp³-hybridized carbons (Fsp3) is 0.450. The summed E-state index contributed by atoms with van der Waals surface area (Å²) in [5.74, 6) is 0.0852. The van der Waals surface area contributed by atoms with Gasteiger partial charge in [0.15, 0.2) is 0 Å². The van der Waals surface area contributed by atoms with E-state index >= 15 is 0 Å². The van der Waals surface area contributed by atoms with Crippen LogP contribution in [0.15, 0.2) is 36.4 Å². The number of hydrogen-bond acceptors (Lipinski definition) is 4. The summed E-state index contributed by atoms with van der Waals surface area (Å²) < 4.78 is 1.76. The van der Waals surface area contributed by atoms with Crippen LogP contribution in [0.3, 0.4) is 0 Å². The summed E-state index contributed by atoms with van der Waals surface area (Å²) in [6, 6.07) is 11.8. The van der Waals surface area contributed by atoms with Crippen LogP contribution in [0.2, 0.25) is 0 Å². The van der Waals surface area contributed by atoms with Gasteiger partial charge in [0.2, 0.25) is 5.91 Å². The number of aromatic nitrogens is 2. The number of benzene rings is 1. The van der Waals surface area contributed by atoms with Gasteiger partial charge in [-0.2, -0.15) is 5.10 Å². The molecule has 2 fully saturated rings. The Labute approximate surface area is 158 Å². The number of carbonyl (C=O) groups excluding carboxylic acids is 2. The molecule has 2 aromatic rings. The van der Waals surface area contributed by atoms with Crippen LogP contribution in [0, 0.1) is 0 Å². The summed E-state index contributed by atoms with van der Waals surface area (Å²) in [5.41, 5.74) is 7.74. The number of piperidine rings is 1. The molecular formula is C20H25N5O2. The number of nitrogens with zero attached hydrogens (tertiary/aromatic N) is 3. The molecule has 3 N–H and O–H groups in total. The third kappa shape index (κ3) is 4.19. The van der Waals surface area contributed by atoms with Crippen molar-refractivity contribution in [3.05, 3.63) is 47.8 Å². The van der Waals surface area contributed by atoms with Crippen molar-refractivity contribution in [2.24, 2.45) is 5.73 Å². The van der Waals surface area contributed by atoms with E-state index in [2.05, 4.69) is 5.32 Å². The summed E-state index contributed by atoms with van der Waals surface area (Å²) in [5, 5.41) is 7.85. The summed E-state index contributed by atoms with van der Waals surface area (Å²) in [6.07, 6.45) is 3.92. The van der Waals surface area contributed by atoms with Gasteiger partial charge in [-0.15, -0.1) is 0 Å². The van der Waals surface area contributed by atoms with Gasteiger partial charge in [0.1, 0.15) is 5.69 Å². The van der Waals surface area contributed by atoms with Gasteiger partial charge < -0.3 is 11.1 Å². The summed E-state index contributed by atoms with van der Waals surface area (Å²) in [4.78, 5) is 26.0. The molecular weight excluding hydrogens is 342 g/mol. The Balaban J connectivity index is 1.46. The van der Waals surface area contributed by atoms with E-state index < -0.39 is 0 Å². The van der Waals surface area contributed by atoms with Gasteiger partial charge in [-0.05, 0) is 43.9 Å². The summed E-state index contributed by atoms with van der Waals surface area (Å²) in [7, 11) is 0. The van der Waals surface area contributed by atoms with Crippen LogP contribution in [0.1, 0.15) is 47.8 Å². The Kier molecular flexibility index (Phi) is 4.94. The average molecular weight is 367 g/mol. The minimum Gasteiger partial charge on any atom is -0.369 e. The Hall–Kier alpha value is -2.67. The number of hydrogen-bond donors (Lipinski definition) is 2. The maximum Gasteiger partial charge on any atom is 0.270 e. The lowest BCUT2D eigenvalue weighted by molar-refractivity contribution is -0.119. The molecule has 1 saturated heterocycles. The molecule has 7 nitrogen and oxygen atoms in total. The SMILES string of the molecule is NC(=O)CN1CCC(NC(=O)c2cc(C3CC3)nn2-c2ccccc2)CC1. The minimum atomic E-state index is -0.308. The van der Waals surface area contributed by atoms with Gasteiger partial charge >= 0.3 is 0 Å². The molecule has 142 valence electrons. The van der Waals surface area contributed by atoms with E-state index in [4.69, 9.17) is 10.8 Å². The number of nitrogens with two attached hydrogens (primary N) is 1. The molecule has 1 aromatic heterocycles. The van der Waals surface area contributed by atoms with Crippen LogP contribution in [0.25, 0.3) is 5.69 Å². The van der Waals surface area contributed by atoms with Gasteiger partial charge in [0.25, 0.3) is 5.91 Å². The molecule has 4 rings (SSSR count). The van der Waals surface area contributed by atoms with E-state index in [0.717, 1.165) is 50.2 Å². The van der Waals surface area contributed by atoms with Gasteiger partial charge in [-0.3, -0.25) is 14.5 Å². The molecule has 0 atom stereocenters. The Morgan fingerprint density at radius 2 is 1.81 bits per heavy atom. The topological polar surface area (TPSA) is 93.2 Å². The Morgan fingerprint density at radius 3 is 2.44 bits per heavy atom. The molecule has 1 aromatic carbocycles. The number of amides is 2. The summed E-state index contributed by atoms with van der Waals surface area (Å²) >= 11 is 0. The first-order valence-electron chi connectivity index (χ1n) is 9.57. The molecule has 7 heteroatoms. The lowest BCUT2D eigenvalue weighted by Gasteiger charge is -2.31. The van der Waals surface area contributed by atoms with Crippen LogP contribution in [0.5, 0.6) is 0 Å². The van der Waals surface area contributed by atoms with E-state index in [1.54, 1.807) is 4.68 Å². The first-order chi connectivity index (χ1) is 13.1.